The third-order valence-electron chi connectivity index (χ3n) is 5.44. The first-order valence-corrected chi connectivity index (χ1v) is 15.5. The number of rotatable bonds is 10. The van der Waals surface area contributed by atoms with E-state index in [1.54, 1.807) is 17.2 Å². The van der Waals surface area contributed by atoms with Crippen molar-refractivity contribution in [3.63, 3.8) is 0 Å². The van der Waals surface area contributed by atoms with E-state index in [9.17, 15) is 5.26 Å². The first-order valence-electron chi connectivity index (χ1n) is 10.9. The van der Waals surface area contributed by atoms with Crippen molar-refractivity contribution in [1.82, 2.24) is 24.3 Å². The topological polar surface area (TPSA) is 114 Å². The van der Waals surface area contributed by atoms with E-state index < -0.39 is 8.07 Å². The molecule has 9 nitrogen and oxygen atoms in total. The highest BCUT2D eigenvalue weighted by Gasteiger charge is 2.17. The van der Waals surface area contributed by atoms with E-state index in [4.69, 9.17) is 9.94 Å². The molecule has 4 rings (SSSR count). The highest BCUT2D eigenvalue weighted by Crippen LogP contribution is 2.27. The van der Waals surface area contributed by atoms with E-state index in [0.29, 0.717) is 13.3 Å². The van der Waals surface area contributed by atoms with E-state index in [1.807, 2.05) is 34.5 Å². The highest BCUT2D eigenvalue weighted by molar-refractivity contribution is 7.11. The summed E-state index contributed by atoms with van der Waals surface area (Å²) in [5.41, 5.74) is 3.34. The van der Waals surface area contributed by atoms with Gasteiger partial charge in [-0.05, 0) is 29.1 Å². The maximum atomic E-state index is 9.68. The van der Waals surface area contributed by atoms with Crippen molar-refractivity contribution in [3.8, 4) is 17.3 Å². The van der Waals surface area contributed by atoms with Crippen LogP contribution in [0.25, 0.3) is 22.3 Å². The first kappa shape index (κ1) is 23.8. The summed E-state index contributed by atoms with van der Waals surface area (Å²) in [4.78, 5) is 9.75. The fraction of sp³-hybridized carbons (Fsp3) is 0.348. The summed E-state index contributed by atoms with van der Waals surface area (Å²) in [6.45, 7) is 8.62. The molecule has 0 aromatic carbocycles. The summed E-state index contributed by atoms with van der Waals surface area (Å²) < 4.78 is 9.64. The molecule has 4 aromatic rings. The Morgan fingerprint density at radius 1 is 1.35 bits per heavy atom. The number of oxime groups is 1. The molecule has 11 heteroatoms. The zero-order valence-corrected chi connectivity index (χ0v) is 21.2. The molecule has 0 radical (unpaired) electrons. The average molecular weight is 494 g/mol. The zero-order valence-electron chi connectivity index (χ0n) is 19.4. The van der Waals surface area contributed by atoms with Gasteiger partial charge in [0, 0.05) is 42.9 Å². The number of thiophene rings is 1. The van der Waals surface area contributed by atoms with Crippen LogP contribution in [0.2, 0.25) is 25.7 Å². The lowest BCUT2D eigenvalue weighted by molar-refractivity contribution is 0.0899. The highest BCUT2D eigenvalue weighted by atomic mass is 32.1. The molecule has 4 aromatic heterocycles. The smallest absolute Gasteiger partial charge is 0.145 e. The third-order valence-corrected chi connectivity index (χ3v) is 8.03. The molecule has 1 unspecified atom stereocenters. The summed E-state index contributed by atoms with van der Waals surface area (Å²) >= 11 is 1.42. The van der Waals surface area contributed by atoms with Crippen molar-refractivity contribution >= 4 is 36.7 Å². The third kappa shape index (κ3) is 5.59. The second-order valence-electron chi connectivity index (χ2n) is 9.25. The van der Waals surface area contributed by atoms with Crippen LogP contribution in [-0.4, -0.2) is 50.4 Å². The largest absolute Gasteiger partial charge is 0.411 e. The number of fused-ring (bicyclic) bond motifs is 1. The lowest BCUT2D eigenvalue weighted by atomic mass is 10.0. The minimum Gasteiger partial charge on any atom is -0.411 e. The quantitative estimate of drug-likeness (QED) is 0.112. The minimum atomic E-state index is -1.13. The van der Waals surface area contributed by atoms with Gasteiger partial charge in [-0.1, -0.05) is 24.8 Å². The number of nitriles is 1. The van der Waals surface area contributed by atoms with Crippen molar-refractivity contribution < 1.29 is 9.94 Å². The molecular weight excluding hydrogens is 466 g/mol. The predicted octanol–water partition coefficient (Wildman–Crippen LogP) is 4.78. The summed E-state index contributed by atoms with van der Waals surface area (Å²) in [7, 11) is -1.13. The van der Waals surface area contributed by atoms with Gasteiger partial charge in [-0.25, -0.2) is 9.97 Å². The number of nitrogens with zero attached hydrogens (tertiary/aromatic N) is 7. The summed E-state index contributed by atoms with van der Waals surface area (Å²) in [6, 6.07) is 7.31. The van der Waals surface area contributed by atoms with Crippen LogP contribution in [0.1, 0.15) is 16.4 Å². The van der Waals surface area contributed by atoms with Crippen molar-refractivity contribution in [1.29, 1.82) is 5.26 Å². The standard InChI is InChI=1S/C23H27N7O2SSi/c1-34(2,3)7-6-32-16-29-5-4-21-22(25-15-26-23(21)29)19-10-27-30(13-19)12-18(9-24)17-8-20(11-28-31)33-14-17/h4-5,8,10-11,13-15,18,31H,6-7,12,16H2,1-3H3. The van der Waals surface area contributed by atoms with Gasteiger partial charge in [0.05, 0.1) is 36.6 Å². The Labute approximate surface area is 203 Å². The first-order chi connectivity index (χ1) is 16.4. The summed E-state index contributed by atoms with van der Waals surface area (Å²) in [5, 5.41) is 28.7. The molecule has 0 amide bonds. The number of ether oxygens (including phenoxy) is 1. The lowest BCUT2D eigenvalue weighted by Gasteiger charge is -2.15. The molecule has 34 heavy (non-hydrogen) atoms. The lowest BCUT2D eigenvalue weighted by Crippen LogP contribution is -2.22. The molecule has 1 atom stereocenters. The molecule has 0 bridgehead atoms. The second-order valence-corrected chi connectivity index (χ2v) is 15.8. The van der Waals surface area contributed by atoms with E-state index in [0.717, 1.165) is 45.4 Å². The normalized spacial score (nSPS) is 13.0. The number of hydrogen-bond acceptors (Lipinski definition) is 8. The molecule has 0 aliphatic carbocycles. The molecule has 4 heterocycles. The van der Waals surface area contributed by atoms with Crippen LogP contribution < -0.4 is 0 Å². The van der Waals surface area contributed by atoms with Gasteiger partial charge < -0.3 is 14.5 Å². The maximum absolute atomic E-state index is 9.68. The monoisotopic (exact) mass is 493 g/mol. The molecule has 0 saturated heterocycles. The molecular formula is C23H27N7O2SSi. The van der Waals surface area contributed by atoms with Gasteiger partial charge in [-0.15, -0.1) is 11.3 Å². The van der Waals surface area contributed by atoms with Crippen molar-refractivity contribution in [2.75, 3.05) is 6.61 Å². The summed E-state index contributed by atoms with van der Waals surface area (Å²) in [5.74, 6) is -0.371. The van der Waals surface area contributed by atoms with Gasteiger partial charge in [-0.2, -0.15) is 10.4 Å². The molecule has 1 N–H and O–H groups in total. The average Bonchev–Trinajstić information content (AvgIpc) is 3.54. The molecule has 0 saturated carbocycles. The van der Waals surface area contributed by atoms with Gasteiger partial charge >= 0.3 is 0 Å². The minimum absolute atomic E-state index is 0.371. The van der Waals surface area contributed by atoms with Gasteiger partial charge in [0.1, 0.15) is 18.7 Å². The Morgan fingerprint density at radius 2 is 2.21 bits per heavy atom. The van der Waals surface area contributed by atoms with Gasteiger partial charge in [0.25, 0.3) is 0 Å². The Morgan fingerprint density at radius 3 is 2.97 bits per heavy atom. The van der Waals surface area contributed by atoms with E-state index >= 15 is 0 Å². The van der Waals surface area contributed by atoms with Gasteiger partial charge in [-0.3, -0.25) is 4.68 Å². The van der Waals surface area contributed by atoms with E-state index in [1.165, 1.54) is 17.6 Å². The van der Waals surface area contributed by atoms with Gasteiger partial charge in [0.15, 0.2) is 0 Å². The fourth-order valence-corrected chi connectivity index (χ4v) is 5.12. The molecule has 176 valence electrons. The molecule has 0 aliphatic heterocycles. The second kappa shape index (κ2) is 10.3. The predicted molar refractivity (Wildman–Crippen MR) is 135 cm³/mol. The summed E-state index contributed by atoms with van der Waals surface area (Å²) in [6.07, 6.45) is 8.54. The Balaban J connectivity index is 1.49. The zero-order chi connectivity index (χ0) is 24.1. The van der Waals surface area contributed by atoms with Crippen LogP contribution in [0, 0.1) is 11.3 Å². The maximum Gasteiger partial charge on any atom is 0.145 e. The van der Waals surface area contributed by atoms with Gasteiger partial charge in [0.2, 0.25) is 0 Å². The van der Waals surface area contributed by atoms with E-state index in [2.05, 4.69) is 45.9 Å². The van der Waals surface area contributed by atoms with Crippen LogP contribution in [0.4, 0.5) is 0 Å². The van der Waals surface area contributed by atoms with Crippen molar-refractivity contribution in [2.24, 2.45) is 5.16 Å². The SMILES string of the molecule is C[Si](C)(C)CCOCn1ccc2c(-c3cnn(CC(C#N)c4csc(C=NO)c4)c3)ncnc21. The van der Waals surface area contributed by atoms with Crippen LogP contribution in [0.15, 0.2) is 47.6 Å². The number of hydrogen-bond donors (Lipinski definition) is 1. The van der Waals surface area contributed by atoms with Crippen molar-refractivity contribution in [3.05, 3.63) is 52.9 Å². The van der Waals surface area contributed by atoms with Crippen LogP contribution >= 0.6 is 11.3 Å². The van der Waals surface area contributed by atoms with Crippen LogP contribution in [0.3, 0.4) is 0 Å². The number of aromatic nitrogens is 5. The molecule has 0 aliphatic rings. The Hall–Kier alpha value is -3.33. The van der Waals surface area contributed by atoms with Crippen LogP contribution in [-0.2, 0) is 18.0 Å². The van der Waals surface area contributed by atoms with Crippen molar-refractivity contribution in [2.45, 2.75) is 44.9 Å². The Kier molecular flexibility index (Phi) is 7.21. The fourth-order valence-electron chi connectivity index (χ4n) is 3.55. The molecule has 0 spiro atoms. The molecule has 0 fully saturated rings. The van der Waals surface area contributed by atoms with Crippen LogP contribution in [0.5, 0.6) is 0 Å². The Bertz CT molecular complexity index is 1330. The van der Waals surface area contributed by atoms with E-state index in [-0.39, 0.29) is 5.92 Å².